The molecule has 0 spiro atoms. The lowest BCUT2D eigenvalue weighted by molar-refractivity contribution is -0.151. The quantitative estimate of drug-likeness (QED) is 0.114. The highest BCUT2D eigenvalue weighted by atomic mass is 31.2. The topological polar surface area (TPSA) is 136 Å². The van der Waals surface area contributed by atoms with E-state index in [0.29, 0.717) is 0 Å². The van der Waals surface area contributed by atoms with E-state index in [4.69, 9.17) is 19.3 Å². The van der Waals surface area contributed by atoms with Crippen molar-refractivity contribution in [2.45, 2.75) is 116 Å². The van der Waals surface area contributed by atoms with Gasteiger partial charge < -0.3 is 19.3 Å². The van der Waals surface area contributed by atoms with Gasteiger partial charge in [-0.1, -0.05) is 90.9 Å². The van der Waals surface area contributed by atoms with Crippen LogP contribution in [0.25, 0.3) is 0 Å². The van der Waals surface area contributed by atoms with Crippen molar-refractivity contribution in [2.75, 3.05) is 6.61 Å². The minimum absolute atomic E-state index is 0.135. The summed E-state index contributed by atoms with van der Waals surface area (Å²) in [6.07, 6.45) is 12.9. The fourth-order valence-electron chi connectivity index (χ4n) is 3.81. The first-order valence-corrected chi connectivity index (χ1v) is 13.8. The van der Waals surface area contributed by atoms with Crippen molar-refractivity contribution in [1.82, 2.24) is 0 Å². The number of hydrogen-bond acceptors (Lipinski definition) is 7. The summed E-state index contributed by atoms with van der Waals surface area (Å²) in [7, 11) is -5.02. The maximum atomic E-state index is 12.1. The van der Waals surface area contributed by atoms with E-state index in [2.05, 4.69) is 11.4 Å². The lowest BCUT2D eigenvalue weighted by Crippen LogP contribution is -2.33. The Labute approximate surface area is 197 Å². The minimum Gasteiger partial charge on any atom is -0.465 e. The molecule has 2 N–H and O–H groups in total. The van der Waals surface area contributed by atoms with Gasteiger partial charge in [0.15, 0.2) is 6.10 Å². The molecular formula is C23H41O9P. The van der Waals surface area contributed by atoms with Gasteiger partial charge in [0, 0.05) is 12.3 Å². The number of unbranched alkanes of at least 4 members (excludes halogenated alkanes) is 12. The van der Waals surface area contributed by atoms with Crippen LogP contribution < -0.4 is 0 Å². The molecule has 3 atom stereocenters. The third-order valence-electron chi connectivity index (χ3n) is 5.75. The van der Waals surface area contributed by atoms with Crippen LogP contribution in [0, 0.1) is 5.92 Å². The lowest BCUT2D eigenvalue weighted by Gasteiger charge is -2.16. The summed E-state index contributed by atoms with van der Waals surface area (Å²) in [5, 5.41) is 0. The highest BCUT2D eigenvalue weighted by Crippen LogP contribution is 2.40. The second-order valence-electron chi connectivity index (χ2n) is 8.89. The molecule has 0 bridgehead atoms. The first-order chi connectivity index (χ1) is 15.7. The maximum absolute atomic E-state index is 12.1. The number of ketones is 1. The van der Waals surface area contributed by atoms with Gasteiger partial charge in [-0.25, -0.2) is 9.36 Å². The molecule has 0 aromatic heterocycles. The molecular weight excluding hydrogens is 451 g/mol. The molecule has 0 saturated carbocycles. The van der Waals surface area contributed by atoms with E-state index >= 15 is 0 Å². The van der Waals surface area contributed by atoms with Crippen molar-refractivity contribution in [2.24, 2.45) is 5.92 Å². The smallest absolute Gasteiger partial charge is 0.465 e. The molecule has 9 nitrogen and oxygen atoms in total. The minimum atomic E-state index is -5.02. The SMILES string of the molecule is CCCCCCCCCCCCCCCC(=O)OCC(C)C1OC(=O)C(OP(=O)(O)O)C1=O. The first kappa shape index (κ1) is 29.8. The van der Waals surface area contributed by atoms with Gasteiger partial charge in [-0.15, -0.1) is 0 Å². The number of ether oxygens (including phenoxy) is 2. The van der Waals surface area contributed by atoms with E-state index in [9.17, 15) is 18.9 Å². The molecule has 0 aliphatic carbocycles. The average Bonchev–Trinajstić information content (AvgIpc) is 3.02. The second-order valence-corrected chi connectivity index (χ2v) is 10.1. The van der Waals surface area contributed by atoms with E-state index in [-0.39, 0.29) is 19.0 Å². The van der Waals surface area contributed by atoms with Gasteiger partial charge in [0.05, 0.1) is 6.61 Å². The van der Waals surface area contributed by atoms with Crippen LogP contribution >= 0.6 is 7.82 Å². The van der Waals surface area contributed by atoms with Gasteiger partial charge in [0.25, 0.3) is 0 Å². The number of phosphoric acid groups is 1. The van der Waals surface area contributed by atoms with Crippen LogP contribution in [0.2, 0.25) is 0 Å². The van der Waals surface area contributed by atoms with Crippen LogP contribution in [0.1, 0.15) is 104 Å². The number of carbonyl (C=O) groups is 3. The third kappa shape index (κ3) is 13.3. The predicted octanol–water partition coefficient (Wildman–Crippen LogP) is 4.62. The summed E-state index contributed by atoms with van der Waals surface area (Å²) in [5.74, 6) is -3.08. The van der Waals surface area contributed by atoms with Crippen LogP contribution in [-0.2, 0) is 32.9 Å². The Morgan fingerprint density at radius 2 is 1.42 bits per heavy atom. The number of esters is 2. The van der Waals surface area contributed by atoms with E-state index in [1.807, 2.05) is 0 Å². The summed E-state index contributed by atoms with van der Waals surface area (Å²) >= 11 is 0. The summed E-state index contributed by atoms with van der Waals surface area (Å²) in [4.78, 5) is 53.3. The molecule has 1 aliphatic heterocycles. The number of carbonyl (C=O) groups excluding carboxylic acids is 3. The van der Waals surface area contributed by atoms with Crippen molar-refractivity contribution >= 4 is 25.5 Å². The average molecular weight is 493 g/mol. The molecule has 1 fully saturated rings. The number of hydrogen-bond donors (Lipinski definition) is 2. The zero-order valence-electron chi connectivity index (χ0n) is 20.0. The van der Waals surface area contributed by atoms with Crippen LogP contribution in [0.5, 0.6) is 0 Å². The van der Waals surface area contributed by atoms with Crippen LogP contribution in [0.4, 0.5) is 0 Å². The van der Waals surface area contributed by atoms with Gasteiger partial charge in [0.2, 0.25) is 11.9 Å². The molecule has 0 aromatic rings. The van der Waals surface area contributed by atoms with Gasteiger partial charge in [-0.3, -0.25) is 14.1 Å². The molecule has 1 saturated heterocycles. The Bertz CT molecular complexity index is 646. The Morgan fingerprint density at radius 1 is 0.939 bits per heavy atom. The zero-order valence-corrected chi connectivity index (χ0v) is 20.9. The fourth-order valence-corrected chi connectivity index (χ4v) is 4.27. The molecule has 10 heteroatoms. The molecule has 0 radical (unpaired) electrons. The van der Waals surface area contributed by atoms with Gasteiger partial charge >= 0.3 is 19.8 Å². The summed E-state index contributed by atoms with van der Waals surface area (Å²) in [6, 6.07) is 0. The molecule has 0 aromatic carbocycles. The number of rotatable bonds is 19. The van der Waals surface area contributed by atoms with Crippen LogP contribution in [-0.4, -0.2) is 46.3 Å². The molecule has 1 rings (SSSR count). The summed E-state index contributed by atoms with van der Waals surface area (Å²) in [6.45, 7) is 3.65. The van der Waals surface area contributed by atoms with Gasteiger partial charge in [-0.05, 0) is 6.42 Å². The van der Waals surface area contributed by atoms with Crippen LogP contribution in [0.15, 0.2) is 0 Å². The molecule has 1 heterocycles. The maximum Gasteiger partial charge on any atom is 0.470 e. The van der Waals surface area contributed by atoms with E-state index in [1.165, 1.54) is 64.2 Å². The van der Waals surface area contributed by atoms with Crippen molar-refractivity contribution in [1.29, 1.82) is 0 Å². The molecule has 0 amide bonds. The summed E-state index contributed by atoms with van der Waals surface area (Å²) in [5.41, 5.74) is 0. The Balaban J connectivity index is 2.06. The molecule has 33 heavy (non-hydrogen) atoms. The second kappa shape index (κ2) is 16.4. The third-order valence-corrected chi connectivity index (χ3v) is 6.23. The van der Waals surface area contributed by atoms with Crippen molar-refractivity contribution < 1.29 is 42.7 Å². The molecule has 192 valence electrons. The van der Waals surface area contributed by atoms with E-state index in [1.54, 1.807) is 6.92 Å². The Kier molecular flexibility index (Phi) is 14.8. The number of Topliss-reactive ketones (excluding diaryl/α,β-unsaturated/α-hetero) is 1. The molecule has 3 unspecified atom stereocenters. The Hall–Kier alpha value is -1.28. The predicted molar refractivity (Wildman–Crippen MR) is 122 cm³/mol. The highest BCUT2D eigenvalue weighted by Gasteiger charge is 2.49. The van der Waals surface area contributed by atoms with Crippen molar-refractivity contribution in [3.05, 3.63) is 0 Å². The van der Waals surface area contributed by atoms with E-state index in [0.717, 1.165) is 19.3 Å². The molecule has 1 aliphatic rings. The number of cyclic esters (lactones) is 1. The fraction of sp³-hybridized carbons (Fsp3) is 0.870. The van der Waals surface area contributed by atoms with Gasteiger partial charge in [-0.2, -0.15) is 0 Å². The lowest BCUT2D eigenvalue weighted by atomic mass is 10.0. The normalized spacial score (nSPS) is 19.5. The summed E-state index contributed by atoms with van der Waals surface area (Å²) < 4.78 is 25.1. The van der Waals surface area contributed by atoms with Gasteiger partial charge in [0.1, 0.15) is 0 Å². The standard InChI is InChI=1S/C23H41O9P/c1-3-4-5-6-7-8-9-10-11-12-13-14-15-16-19(24)30-17-18(2)21-20(25)22(23(26)31-21)32-33(27,28)29/h18,21-22H,3-17H2,1-2H3,(H2,27,28,29). The van der Waals surface area contributed by atoms with Crippen molar-refractivity contribution in [3.63, 3.8) is 0 Å². The zero-order chi connectivity index (χ0) is 24.7. The first-order valence-electron chi connectivity index (χ1n) is 12.3. The van der Waals surface area contributed by atoms with E-state index < -0.39 is 37.7 Å². The Morgan fingerprint density at radius 3 is 1.91 bits per heavy atom. The number of phosphoric ester groups is 1. The monoisotopic (exact) mass is 492 g/mol. The largest absolute Gasteiger partial charge is 0.470 e. The highest BCUT2D eigenvalue weighted by molar-refractivity contribution is 7.46. The van der Waals surface area contributed by atoms with Crippen molar-refractivity contribution in [3.8, 4) is 0 Å². The van der Waals surface area contributed by atoms with Crippen LogP contribution in [0.3, 0.4) is 0 Å².